The lowest BCUT2D eigenvalue weighted by Gasteiger charge is -2.25. The molecule has 4 N–H and O–H groups in total. The number of carbonyl (C=O) groups excluding carboxylic acids is 2. The van der Waals surface area contributed by atoms with Crippen LogP contribution in [0.2, 0.25) is 0 Å². The maximum Gasteiger partial charge on any atom is 0.238 e. The summed E-state index contributed by atoms with van der Waals surface area (Å²) in [6.07, 6.45) is 3.62. The average Bonchev–Trinajstić information content (AvgIpc) is 3.02. The zero-order valence-corrected chi connectivity index (χ0v) is 17.5. The third kappa shape index (κ3) is 7.56. The van der Waals surface area contributed by atoms with E-state index < -0.39 is 0 Å². The molecule has 28 heavy (non-hydrogen) atoms. The van der Waals surface area contributed by atoms with Crippen LogP contribution in [-0.4, -0.2) is 55.6 Å². The average molecular weight is 433 g/mol. The van der Waals surface area contributed by atoms with Crippen molar-refractivity contribution >= 4 is 48.0 Å². The molecule has 158 valence electrons. The van der Waals surface area contributed by atoms with E-state index in [2.05, 4.69) is 15.5 Å². The van der Waals surface area contributed by atoms with Crippen LogP contribution >= 0.6 is 24.8 Å². The molecule has 1 saturated heterocycles. The molecule has 3 rings (SSSR count). The van der Waals surface area contributed by atoms with Crippen molar-refractivity contribution in [1.29, 1.82) is 0 Å². The van der Waals surface area contributed by atoms with Gasteiger partial charge in [0.15, 0.2) is 0 Å². The van der Waals surface area contributed by atoms with Crippen LogP contribution in [0, 0.1) is 5.92 Å². The number of nitrogens with two attached hydrogens (primary N) is 1. The van der Waals surface area contributed by atoms with Crippen LogP contribution < -0.4 is 16.4 Å². The van der Waals surface area contributed by atoms with Gasteiger partial charge in [-0.2, -0.15) is 0 Å². The Bertz CT molecular complexity index is 624. The minimum absolute atomic E-state index is 0. The van der Waals surface area contributed by atoms with Crippen LogP contribution in [0.3, 0.4) is 0 Å². The summed E-state index contributed by atoms with van der Waals surface area (Å²) >= 11 is 0. The van der Waals surface area contributed by atoms with Gasteiger partial charge in [-0.25, -0.2) is 0 Å². The normalized spacial score (nSPS) is 21.9. The summed E-state index contributed by atoms with van der Waals surface area (Å²) in [5, 5.41) is 5.79. The molecule has 9 heteroatoms. The predicted octanol–water partition coefficient (Wildman–Crippen LogP) is 2.26. The largest absolute Gasteiger partial charge is 0.379 e. The molecule has 0 radical (unpaired) electrons. The van der Waals surface area contributed by atoms with E-state index >= 15 is 0 Å². The number of nitrogens with zero attached hydrogens (tertiary/aromatic N) is 1. The molecule has 1 aromatic rings. The van der Waals surface area contributed by atoms with Gasteiger partial charge in [0.25, 0.3) is 0 Å². The molecule has 1 saturated carbocycles. The summed E-state index contributed by atoms with van der Waals surface area (Å²) in [5.41, 5.74) is 7.47. The van der Waals surface area contributed by atoms with E-state index in [-0.39, 0.29) is 48.6 Å². The maximum absolute atomic E-state index is 12.1. The predicted molar refractivity (Wildman–Crippen MR) is 115 cm³/mol. The van der Waals surface area contributed by atoms with Crippen LogP contribution in [-0.2, 0) is 14.3 Å². The van der Waals surface area contributed by atoms with Gasteiger partial charge in [0.2, 0.25) is 11.8 Å². The number of amides is 2. The number of carbonyl (C=O) groups is 2. The Morgan fingerprint density at radius 2 is 1.57 bits per heavy atom. The fourth-order valence-corrected chi connectivity index (χ4v) is 3.57. The molecule has 0 unspecified atom stereocenters. The molecule has 1 heterocycles. The van der Waals surface area contributed by atoms with E-state index in [9.17, 15) is 9.59 Å². The van der Waals surface area contributed by atoms with Gasteiger partial charge in [0.1, 0.15) is 0 Å². The monoisotopic (exact) mass is 432 g/mol. The van der Waals surface area contributed by atoms with Crippen molar-refractivity contribution in [2.45, 2.75) is 31.7 Å². The SMILES string of the molecule is Cl.Cl.N[C@@H]1CCC[C@H]1CC(=O)Nc1ccc(NC(=O)CN2CCOCC2)cc1. The minimum atomic E-state index is -0.0427. The molecule has 0 spiro atoms. The summed E-state index contributed by atoms with van der Waals surface area (Å²) in [5.74, 6) is 0.240. The number of hydrogen-bond acceptors (Lipinski definition) is 5. The smallest absolute Gasteiger partial charge is 0.238 e. The van der Waals surface area contributed by atoms with Crippen molar-refractivity contribution in [1.82, 2.24) is 4.90 Å². The highest BCUT2D eigenvalue weighted by Crippen LogP contribution is 2.27. The van der Waals surface area contributed by atoms with Crippen molar-refractivity contribution in [3.05, 3.63) is 24.3 Å². The third-order valence-corrected chi connectivity index (χ3v) is 5.09. The van der Waals surface area contributed by atoms with E-state index in [4.69, 9.17) is 10.5 Å². The number of ether oxygens (including phenoxy) is 1. The number of morpholine rings is 1. The first-order chi connectivity index (χ1) is 12.6. The summed E-state index contributed by atoms with van der Waals surface area (Å²) in [7, 11) is 0. The maximum atomic E-state index is 12.1. The quantitative estimate of drug-likeness (QED) is 0.640. The zero-order chi connectivity index (χ0) is 18.4. The Balaban J connectivity index is 0.00000196. The lowest BCUT2D eigenvalue weighted by molar-refractivity contribution is -0.118. The second kappa shape index (κ2) is 12.2. The molecular formula is C19H30Cl2N4O3. The van der Waals surface area contributed by atoms with Gasteiger partial charge >= 0.3 is 0 Å². The molecule has 2 amide bonds. The summed E-state index contributed by atoms with van der Waals surface area (Å²) in [6, 6.07) is 7.35. The number of hydrogen-bond donors (Lipinski definition) is 3. The highest BCUT2D eigenvalue weighted by atomic mass is 35.5. The van der Waals surface area contributed by atoms with E-state index in [1.54, 1.807) is 24.3 Å². The summed E-state index contributed by atoms with van der Waals surface area (Å²) in [6.45, 7) is 3.27. The highest BCUT2D eigenvalue weighted by molar-refractivity contribution is 5.93. The molecule has 2 aliphatic rings. The summed E-state index contributed by atoms with van der Waals surface area (Å²) < 4.78 is 5.28. The Hall–Kier alpha value is -1.38. The van der Waals surface area contributed by atoms with E-state index in [0.29, 0.717) is 26.2 Å². The minimum Gasteiger partial charge on any atom is -0.379 e. The van der Waals surface area contributed by atoms with Crippen molar-refractivity contribution < 1.29 is 14.3 Å². The highest BCUT2D eigenvalue weighted by Gasteiger charge is 2.26. The molecule has 7 nitrogen and oxygen atoms in total. The topological polar surface area (TPSA) is 96.7 Å². The Labute approximate surface area is 178 Å². The number of rotatable bonds is 6. The zero-order valence-electron chi connectivity index (χ0n) is 15.9. The first kappa shape index (κ1) is 24.7. The number of benzene rings is 1. The molecule has 0 aromatic heterocycles. The molecular weight excluding hydrogens is 403 g/mol. The fourth-order valence-electron chi connectivity index (χ4n) is 3.57. The third-order valence-electron chi connectivity index (χ3n) is 5.09. The standard InChI is InChI=1S/C19H28N4O3.2ClH/c20-17-3-1-2-14(17)12-18(24)21-15-4-6-16(7-5-15)22-19(25)13-23-8-10-26-11-9-23;;/h4-7,14,17H,1-3,8-13,20H2,(H,21,24)(H,22,25);2*1H/t14-,17+;;/m0../s1. The first-order valence-electron chi connectivity index (χ1n) is 9.35. The molecule has 1 aliphatic heterocycles. The second-order valence-corrected chi connectivity index (χ2v) is 7.12. The lowest BCUT2D eigenvalue weighted by atomic mass is 10.00. The number of halogens is 2. The van der Waals surface area contributed by atoms with Crippen molar-refractivity contribution in [3.8, 4) is 0 Å². The second-order valence-electron chi connectivity index (χ2n) is 7.12. The van der Waals surface area contributed by atoms with Gasteiger partial charge in [-0.3, -0.25) is 14.5 Å². The van der Waals surface area contributed by atoms with Gasteiger partial charge in [0, 0.05) is 36.9 Å². The molecule has 1 aliphatic carbocycles. The van der Waals surface area contributed by atoms with Crippen molar-refractivity contribution in [3.63, 3.8) is 0 Å². The molecule has 2 atom stereocenters. The Morgan fingerprint density at radius 1 is 1.00 bits per heavy atom. The first-order valence-corrected chi connectivity index (χ1v) is 9.35. The Morgan fingerprint density at radius 3 is 2.11 bits per heavy atom. The summed E-state index contributed by atoms with van der Waals surface area (Å²) in [4.78, 5) is 26.3. The molecule has 0 bridgehead atoms. The van der Waals surface area contributed by atoms with Gasteiger partial charge in [-0.05, 0) is 43.0 Å². The van der Waals surface area contributed by atoms with E-state index in [0.717, 1.165) is 43.7 Å². The van der Waals surface area contributed by atoms with Crippen molar-refractivity contribution in [2.24, 2.45) is 11.7 Å². The molecule has 2 fully saturated rings. The fraction of sp³-hybridized carbons (Fsp3) is 0.579. The van der Waals surface area contributed by atoms with Crippen LogP contribution in [0.5, 0.6) is 0 Å². The van der Waals surface area contributed by atoms with Crippen LogP contribution in [0.4, 0.5) is 11.4 Å². The van der Waals surface area contributed by atoms with E-state index in [1.165, 1.54) is 0 Å². The van der Waals surface area contributed by atoms with Crippen molar-refractivity contribution in [2.75, 3.05) is 43.5 Å². The van der Waals surface area contributed by atoms with Gasteiger partial charge in [0.05, 0.1) is 19.8 Å². The Kier molecular flexibility index (Phi) is 10.8. The van der Waals surface area contributed by atoms with Crippen LogP contribution in [0.25, 0.3) is 0 Å². The number of nitrogens with one attached hydrogen (secondary N) is 2. The lowest BCUT2D eigenvalue weighted by Crippen LogP contribution is -2.41. The molecule has 1 aromatic carbocycles. The van der Waals surface area contributed by atoms with Crippen LogP contribution in [0.1, 0.15) is 25.7 Å². The van der Waals surface area contributed by atoms with Gasteiger partial charge < -0.3 is 21.1 Å². The van der Waals surface area contributed by atoms with E-state index in [1.807, 2.05) is 0 Å². The van der Waals surface area contributed by atoms with Gasteiger partial charge in [-0.15, -0.1) is 24.8 Å². The number of anilines is 2. The van der Waals surface area contributed by atoms with Gasteiger partial charge in [-0.1, -0.05) is 6.42 Å². The van der Waals surface area contributed by atoms with Crippen LogP contribution in [0.15, 0.2) is 24.3 Å².